The van der Waals surface area contributed by atoms with E-state index < -0.39 is 4.87 Å². The summed E-state index contributed by atoms with van der Waals surface area (Å²) in [6.45, 7) is 4.50. The average Bonchev–Trinajstić information content (AvgIpc) is 3.22. The Kier molecular flexibility index (Phi) is 5.04. The third kappa shape index (κ3) is 2.96. The van der Waals surface area contributed by atoms with Crippen molar-refractivity contribution in [3.63, 3.8) is 0 Å². The van der Waals surface area contributed by atoms with E-state index in [-0.39, 0.29) is 17.6 Å². The molecule has 1 atom stereocenters. The Labute approximate surface area is 186 Å². The zero-order chi connectivity index (χ0) is 20.9. The van der Waals surface area contributed by atoms with Gasteiger partial charge < -0.3 is 0 Å². The number of nitrogens with zero attached hydrogens (tertiary/aromatic N) is 3. The third-order valence-electron chi connectivity index (χ3n) is 6.27. The number of piperidine rings is 1. The number of hydrogen-bond donors (Lipinski definition) is 0. The normalized spacial score (nSPS) is 24.2. The van der Waals surface area contributed by atoms with Crippen LogP contribution in [0.5, 0.6) is 0 Å². The second kappa shape index (κ2) is 7.59. The predicted octanol–water partition coefficient (Wildman–Crippen LogP) is 4.37. The molecular formula is C23H24ClN3O2S. The summed E-state index contributed by atoms with van der Waals surface area (Å²) in [5, 5.41) is 0.594. The summed E-state index contributed by atoms with van der Waals surface area (Å²) in [6, 6.07) is 13.5. The number of halogens is 1. The maximum Gasteiger partial charge on any atom is 0.269 e. The summed E-state index contributed by atoms with van der Waals surface area (Å²) in [5.74, 6) is 0.160. The molecule has 0 unspecified atom stereocenters. The maximum atomic E-state index is 14.0. The van der Waals surface area contributed by atoms with Gasteiger partial charge in [0.2, 0.25) is 10.8 Å². The minimum atomic E-state index is -1.07. The molecule has 3 aliphatic rings. The minimum Gasteiger partial charge on any atom is -0.295 e. The highest BCUT2D eigenvalue weighted by Gasteiger charge is 2.61. The van der Waals surface area contributed by atoms with Crippen LogP contribution in [-0.2, 0) is 14.5 Å². The third-order valence-corrected chi connectivity index (χ3v) is 8.06. The summed E-state index contributed by atoms with van der Waals surface area (Å²) >= 11 is 7.80. The summed E-state index contributed by atoms with van der Waals surface area (Å²) in [6.07, 6.45) is 3.57. The van der Waals surface area contributed by atoms with Crippen molar-refractivity contribution in [3.8, 4) is 0 Å². The van der Waals surface area contributed by atoms with Gasteiger partial charge in [-0.2, -0.15) is 0 Å². The fourth-order valence-electron chi connectivity index (χ4n) is 4.72. The van der Waals surface area contributed by atoms with Crippen molar-refractivity contribution in [1.82, 2.24) is 4.90 Å². The first-order valence-electron chi connectivity index (χ1n) is 10.4. The Bertz CT molecular complexity index is 1020. The largest absolute Gasteiger partial charge is 0.295 e. The second-order valence-corrected chi connectivity index (χ2v) is 9.74. The molecule has 2 fully saturated rings. The molecule has 0 bridgehead atoms. The Morgan fingerprint density at radius 3 is 2.60 bits per heavy atom. The summed E-state index contributed by atoms with van der Waals surface area (Å²) in [7, 11) is 0. The maximum absolute atomic E-state index is 14.0. The van der Waals surface area contributed by atoms with Crippen LogP contribution in [0.4, 0.5) is 11.4 Å². The first kappa shape index (κ1) is 19.9. The Hall–Kier alpha value is -2.02. The van der Waals surface area contributed by atoms with E-state index in [1.165, 1.54) is 18.2 Å². The lowest BCUT2D eigenvalue weighted by Gasteiger charge is -2.35. The van der Waals surface area contributed by atoms with Gasteiger partial charge in [-0.1, -0.05) is 42.3 Å². The SMILES string of the molecule is Cc1ccc(N2C(=O)CS[C@@]23C(=O)N(CN2CCCCC2)c2ccccc23)cc1Cl. The van der Waals surface area contributed by atoms with E-state index in [0.29, 0.717) is 17.4 Å². The molecule has 3 heterocycles. The molecule has 30 heavy (non-hydrogen) atoms. The van der Waals surface area contributed by atoms with Gasteiger partial charge in [-0.15, -0.1) is 11.8 Å². The number of hydrogen-bond acceptors (Lipinski definition) is 4. The number of carbonyl (C=O) groups is 2. The van der Waals surface area contributed by atoms with Crippen LogP contribution >= 0.6 is 23.4 Å². The van der Waals surface area contributed by atoms with Gasteiger partial charge >= 0.3 is 0 Å². The van der Waals surface area contributed by atoms with E-state index in [2.05, 4.69) is 4.90 Å². The number of amides is 2. The number of thioether (sulfide) groups is 1. The zero-order valence-electron chi connectivity index (χ0n) is 16.9. The Morgan fingerprint density at radius 1 is 1.07 bits per heavy atom. The molecule has 7 heteroatoms. The van der Waals surface area contributed by atoms with E-state index in [0.717, 1.165) is 42.7 Å². The Morgan fingerprint density at radius 2 is 1.83 bits per heavy atom. The number of rotatable bonds is 3. The number of carbonyl (C=O) groups excluding carboxylic acids is 2. The standard InChI is InChI=1S/C23H24ClN3O2S/c1-16-9-10-17(13-19(16)24)27-21(28)14-30-23(27)18-7-3-4-8-20(18)26(22(23)29)15-25-11-5-2-6-12-25/h3-4,7-10,13H,2,5-6,11-12,14-15H2,1H3/t23-/m0/s1. The lowest BCUT2D eigenvalue weighted by Crippen LogP contribution is -2.52. The van der Waals surface area contributed by atoms with Crippen molar-refractivity contribution in [3.05, 3.63) is 58.6 Å². The van der Waals surface area contributed by atoms with E-state index >= 15 is 0 Å². The molecule has 0 aliphatic carbocycles. The molecule has 1 spiro atoms. The number of benzene rings is 2. The van der Waals surface area contributed by atoms with E-state index in [9.17, 15) is 9.59 Å². The van der Waals surface area contributed by atoms with Gasteiger partial charge in [-0.3, -0.25) is 24.3 Å². The van der Waals surface area contributed by atoms with Crippen LogP contribution in [0.25, 0.3) is 0 Å². The van der Waals surface area contributed by atoms with Crippen LogP contribution in [0.3, 0.4) is 0 Å². The van der Waals surface area contributed by atoms with Crippen molar-refractivity contribution in [2.75, 3.05) is 35.3 Å². The average molecular weight is 442 g/mol. The quantitative estimate of drug-likeness (QED) is 0.709. The lowest BCUT2D eigenvalue weighted by molar-refractivity contribution is -0.124. The van der Waals surface area contributed by atoms with Gasteiger partial charge in [0, 0.05) is 16.3 Å². The van der Waals surface area contributed by atoms with Gasteiger partial charge in [-0.25, -0.2) is 0 Å². The van der Waals surface area contributed by atoms with Crippen molar-refractivity contribution in [2.45, 2.75) is 31.1 Å². The monoisotopic (exact) mass is 441 g/mol. The van der Waals surface area contributed by atoms with Crippen LogP contribution in [0.2, 0.25) is 5.02 Å². The van der Waals surface area contributed by atoms with Crippen molar-refractivity contribution in [1.29, 1.82) is 0 Å². The van der Waals surface area contributed by atoms with Crippen LogP contribution in [0, 0.1) is 6.92 Å². The Balaban J connectivity index is 1.60. The molecule has 2 saturated heterocycles. The highest BCUT2D eigenvalue weighted by Crippen LogP contribution is 2.55. The molecule has 2 amide bonds. The van der Waals surface area contributed by atoms with E-state index in [1.54, 1.807) is 11.0 Å². The number of likely N-dealkylation sites (tertiary alicyclic amines) is 1. The van der Waals surface area contributed by atoms with Gasteiger partial charge in [0.25, 0.3) is 5.91 Å². The van der Waals surface area contributed by atoms with Crippen molar-refractivity contribution in [2.24, 2.45) is 0 Å². The zero-order valence-corrected chi connectivity index (χ0v) is 18.5. The van der Waals surface area contributed by atoms with Crippen molar-refractivity contribution < 1.29 is 9.59 Å². The first-order valence-corrected chi connectivity index (χ1v) is 11.8. The summed E-state index contributed by atoms with van der Waals surface area (Å²) < 4.78 is 0. The molecular weight excluding hydrogens is 418 g/mol. The smallest absolute Gasteiger partial charge is 0.269 e. The molecule has 2 aromatic carbocycles. The lowest BCUT2D eigenvalue weighted by atomic mass is 10.0. The number of aryl methyl sites for hydroxylation is 1. The van der Waals surface area contributed by atoms with Crippen LogP contribution in [-0.4, -0.2) is 42.2 Å². The van der Waals surface area contributed by atoms with Gasteiger partial charge in [-0.05, 0) is 56.6 Å². The van der Waals surface area contributed by atoms with Gasteiger partial charge in [0.1, 0.15) is 0 Å². The minimum absolute atomic E-state index is 0.0400. The fraction of sp³-hybridized carbons (Fsp3) is 0.391. The number of anilines is 2. The van der Waals surface area contributed by atoms with E-state index in [1.807, 2.05) is 48.2 Å². The topological polar surface area (TPSA) is 43.9 Å². The molecule has 0 saturated carbocycles. The number of para-hydroxylation sites is 1. The molecule has 0 radical (unpaired) electrons. The van der Waals surface area contributed by atoms with Crippen LogP contribution in [0.15, 0.2) is 42.5 Å². The highest BCUT2D eigenvalue weighted by molar-refractivity contribution is 8.02. The van der Waals surface area contributed by atoms with Crippen LogP contribution in [0.1, 0.15) is 30.4 Å². The molecule has 5 nitrogen and oxygen atoms in total. The molecule has 2 aromatic rings. The van der Waals surface area contributed by atoms with Gasteiger partial charge in [0.15, 0.2) is 0 Å². The first-order chi connectivity index (χ1) is 14.5. The summed E-state index contributed by atoms with van der Waals surface area (Å²) in [5.41, 5.74) is 3.40. The highest BCUT2D eigenvalue weighted by atomic mass is 35.5. The molecule has 156 valence electrons. The van der Waals surface area contributed by atoms with Crippen molar-refractivity contribution >= 4 is 46.6 Å². The number of fused-ring (bicyclic) bond motifs is 2. The summed E-state index contributed by atoms with van der Waals surface area (Å²) in [4.78, 5) is 31.9. The molecule has 5 rings (SSSR count). The van der Waals surface area contributed by atoms with Crippen LogP contribution < -0.4 is 9.80 Å². The fourth-order valence-corrected chi connectivity index (χ4v) is 6.25. The molecule has 3 aliphatic heterocycles. The van der Waals surface area contributed by atoms with Gasteiger partial charge in [0.05, 0.1) is 18.1 Å². The molecule has 0 N–H and O–H groups in total. The predicted molar refractivity (Wildman–Crippen MR) is 122 cm³/mol. The van der Waals surface area contributed by atoms with E-state index in [4.69, 9.17) is 11.6 Å². The molecule has 0 aromatic heterocycles. The second-order valence-electron chi connectivity index (χ2n) is 8.17.